The number of hydrogen-bond acceptors (Lipinski definition) is 1. The zero-order valence-corrected chi connectivity index (χ0v) is 8.30. The van der Waals surface area contributed by atoms with Gasteiger partial charge in [0.05, 0.1) is 0 Å². The predicted molar refractivity (Wildman–Crippen MR) is 49.5 cm³/mol. The van der Waals surface area contributed by atoms with Gasteiger partial charge in [-0.2, -0.15) is 0 Å². The Balaban J connectivity index is 3.69. The van der Waals surface area contributed by atoms with Gasteiger partial charge in [-0.25, -0.2) is 0 Å². The van der Waals surface area contributed by atoms with E-state index in [1.807, 2.05) is 0 Å². The van der Waals surface area contributed by atoms with E-state index >= 15 is 0 Å². The van der Waals surface area contributed by atoms with Crippen LogP contribution in [0.4, 0.5) is 0 Å². The van der Waals surface area contributed by atoms with Crippen molar-refractivity contribution in [2.24, 2.45) is 17.8 Å². The van der Waals surface area contributed by atoms with Gasteiger partial charge in [0.15, 0.2) is 0 Å². The van der Waals surface area contributed by atoms with Crippen LogP contribution in [0.15, 0.2) is 0 Å². The highest BCUT2D eigenvalue weighted by Gasteiger charge is 2.13. The molecule has 0 rings (SSSR count). The van der Waals surface area contributed by atoms with Crippen LogP contribution in [0.5, 0.6) is 0 Å². The smallest absolute Gasteiger partial charge is 0.0433 e. The SMILES string of the molecule is CC(C)CC(CCO)C(C)C. The molecular weight excluding hydrogens is 136 g/mol. The normalized spacial score (nSPS) is 14.5. The lowest BCUT2D eigenvalue weighted by atomic mass is 9.85. The molecule has 0 saturated carbocycles. The monoisotopic (exact) mass is 158 g/mol. The topological polar surface area (TPSA) is 20.2 Å². The first-order valence-corrected chi connectivity index (χ1v) is 4.68. The fourth-order valence-electron chi connectivity index (χ4n) is 1.49. The Labute approximate surface area is 70.8 Å². The van der Waals surface area contributed by atoms with Crippen LogP contribution in [0.2, 0.25) is 0 Å². The molecule has 0 aromatic rings. The minimum absolute atomic E-state index is 0.343. The summed E-state index contributed by atoms with van der Waals surface area (Å²) in [5.41, 5.74) is 0. The molecule has 0 aromatic heterocycles. The van der Waals surface area contributed by atoms with Crippen molar-refractivity contribution in [1.82, 2.24) is 0 Å². The zero-order chi connectivity index (χ0) is 8.85. The van der Waals surface area contributed by atoms with Crippen LogP contribution in [-0.4, -0.2) is 11.7 Å². The van der Waals surface area contributed by atoms with E-state index in [-0.39, 0.29) is 0 Å². The van der Waals surface area contributed by atoms with Gasteiger partial charge < -0.3 is 5.11 Å². The van der Waals surface area contributed by atoms with Gasteiger partial charge in [0.1, 0.15) is 0 Å². The standard InChI is InChI=1S/C10H22O/c1-8(2)7-10(5-6-11)9(3)4/h8-11H,5-7H2,1-4H3. The van der Waals surface area contributed by atoms with E-state index in [0.717, 1.165) is 12.3 Å². The van der Waals surface area contributed by atoms with Gasteiger partial charge in [-0.1, -0.05) is 27.7 Å². The van der Waals surface area contributed by atoms with Crippen molar-refractivity contribution in [3.8, 4) is 0 Å². The van der Waals surface area contributed by atoms with E-state index in [1.165, 1.54) is 6.42 Å². The fraction of sp³-hybridized carbons (Fsp3) is 1.00. The summed E-state index contributed by atoms with van der Waals surface area (Å²) in [6.45, 7) is 9.31. The van der Waals surface area contributed by atoms with E-state index in [4.69, 9.17) is 5.11 Å². The highest BCUT2D eigenvalue weighted by Crippen LogP contribution is 2.22. The molecule has 1 unspecified atom stereocenters. The maximum Gasteiger partial charge on any atom is 0.0433 e. The molecule has 11 heavy (non-hydrogen) atoms. The van der Waals surface area contributed by atoms with Crippen molar-refractivity contribution in [2.45, 2.75) is 40.5 Å². The molecule has 0 bridgehead atoms. The molecule has 0 aliphatic heterocycles. The molecule has 1 atom stereocenters. The molecule has 0 aliphatic carbocycles. The van der Waals surface area contributed by atoms with E-state index in [2.05, 4.69) is 27.7 Å². The van der Waals surface area contributed by atoms with Gasteiger partial charge in [0, 0.05) is 6.61 Å². The number of rotatable bonds is 5. The summed E-state index contributed by atoms with van der Waals surface area (Å²) in [6, 6.07) is 0. The van der Waals surface area contributed by atoms with Crippen LogP contribution in [0.25, 0.3) is 0 Å². The van der Waals surface area contributed by atoms with Crippen LogP contribution in [0.3, 0.4) is 0 Å². The molecule has 0 saturated heterocycles. The number of aliphatic hydroxyl groups excluding tert-OH is 1. The summed E-state index contributed by atoms with van der Waals surface area (Å²) in [4.78, 5) is 0. The Hall–Kier alpha value is -0.0400. The lowest BCUT2D eigenvalue weighted by Gasteiger charge is -2.21. The van der Waals surface area contributed by atoms with Gasteiger partial charge in [-0.05, 0) is 30.6 Å². The maximum atomic E-state index is 8.80. The number of hydrogen-bond donors (Lipinski definition) is 1. The quantitative estimate of drug-likeness (QED) is 0.652. The first kappa shape index (κ1) is 11.0. The Morgan fingerprint density at radius 3 is 1.91 bits per heavy atom. The highest BCUT2D eigenvalue weighted by atomic mass is 16.3. The molecule has 1 N–H and O–H groups in total. The van der Waals surface area contributed by atoms with E-state index in [1.54, 1.807) is 0 Å². The molecule has 0 aliphatic rings. The summed E-state index contributed by atoms with van der Waals surface area (Å²) in [5.74, 6) is 2.18. The van der Waals surface area contributed by atoms with Gasteiger partial charge in [0.2, 0.25) is 0 Å². The van der Waals surface area contributed by atoms with Crippen LogP contribution in [-0.2, 0) is 0 Å². The second kappa shape index (κ2) is 5.59. The van der Waals surface area contributed by atoms with Crippen molar-refractivity contribution >= 4 is 0 Å². The lowest BCUT2D eigenvalue weighted by molar-refractivity contribution is 0.212. The molecule has 0 radical (unpaired) electrons. The average molecular weight is 158 g/mol. The fourth-order valence-corrected chi connectivity index (χ4v) is 1.49. The summed E-state index contributed by atoms with van der Waals surface area (Å²) in [7, 11) is 0. The molecule has 68 valence electrons. The molecule has 1 heteroatoms. The second-order valence-corrected chi connectivity index (χ2v) is 4.15. The summed E-state index contributed by atoms with van der Waals surface area (Å²) in [5, 5.41) is 8.80. The third-order valence-corrected chi connectivity index (χ3v) is 2.22. The Bertz CT molecular complexity index is 86.9. The Morgan fingerprint density at radius 1 is 1.09 bits per heavy atom. The first-order chi connectivity index (χ1) is 5.07. The van der Waals surface area contributed by atoms with Crippen LogP contribution >= 0.6 is 0 Å². The highest BCUT2D eigenvalue weighted by molar-refractivity contribution is 4.64. The van der Waals surface area contributed by atoms with Crippen LogP contribution < -0.4 is 0 Å². The molecule has 0 aromatic carbocycles. The molecule has 1 nitrogen and oxygen atoms in total. The first-order valence-electron chi connectivity index (χ1n) is 4.68. The summed E-state index contributed by atoms with van der Waals surface area (Å²) in [6.07, 6.45) is 2.22. The summed E-state index contributed by atoms with van der Waals surface area (Å²) >= 11 is 0. The van der Waals surface area contributed by atoms with E-state index < -0.39 is 0 Å². The molecular formula is C10H22O. The third-order valence-electron chi connectivity index (χ3n) is 2.22. The molecule has 0 fully saturated rings. The lowest BCUT2D eigenvalue weighted by Crippen LogP contribution is -2.13. The van der Waals surface area contributed by atoms with Crippen molar-refractivity contribution < 1.29 is 5.11 Å². The zero-order valence-electron chi connectivity index (χ0n) is 8.30. The number of aliphatic hydroxyl groups is 1. The van der Waals surface area contributed by atoms with E-state index in [0.29, 0.717) is 18.4 Å². The molecule has 0 amide bonds. The van der Waals surface area contributed by atoms with Crippen molar-refractivity contribution in [2.75, 3.05) is 6.61 Å². The Morgan fingerprint density at radius 2 is 1.64 bits per heavy atom. The maximum absolute atomic E-state index is 8.80. The van der Waals surface area contributed by atoms with Gasteiger partial charge in [-0.15, -0.1) is 0 Å². The van der Waals surface area contributed by atoms with Gasteiger partial charge in [0.25, 0.3) is 0 Å². The minimum atomic E-state index is 0.343. The molecule has 0 spiro atoms. The van der Waals surface area contributed by atoms with Crippen LogP contribution in [0.1, 0.15) is 40.5 Å². The van der Waals surface area contributed by atoms with Crippen LogP contribution in [0, 0.1) is 17.8 Å². The van der Waals surface area contributed by atoms with E-state index in [9.17, 15) is 0 Å². The second-order valence-electron chi connectivity index (χ2n) is 4.15. The van der Waals surface area contributed by atoms with Gasteiger partial charge >= 0.3 is 0 Å². The predicted octanol–water partition coefficient (Wildman–Crippen LogP) is 2.69. The van der Waals surface area contributed by atoms with Crippen molar-refractivity contribution in [3.63, 3.8) is 0 Å². The van der Waals surface area contributed by atoms with Gasteiger partial charge in [-0.3, -0.25) is 0 Å². The summed E-state index contributed by atoms with van der Waals surface area (Å²) < 4.78 is 0. The largest absolute Gasteiger partial charge is 0.396 e. The van der Waals surface area contributed by atoms with Crippen molar-refractivity contribution in [1.29, 1.82) is 0 Å². The Kier molecular flexibility index (Phi) is 5.57. The third kappa shape index (κ3) is 5.25. The average Bonchev–Trinajstić information content (AvgIpc) is 1.86. The van der Waals surface area contributed by atoms with Crippen molar-refractivity contribution in [3.05, 3.63) is 0 Å². The molecule has 0 heterocycles. The minimum Gasteiger partial charge on any atom is -0.396 e.